The molecule has 5 heteroatoms. The monoisotopic (exact) mass is 637 g/mol. The van der Waals surface area contributed by atoms with Gasteiger partial charge in [0.1, 0.15) is 23.0 Å². The topological polar surface area (TPSA) is 21.7 Å². The fraction of sp³-hybridized carbons (Fsp3) is 0. The van der Waals surface area contributed by atoms with Gasteiger partial charge in [-0.25, -0.2) is 0 Å². The molecule has 2 aliphatic heterocycles. The molecule has 0 amide bonds. The minimum atomic E-state index is -2.88. The van der Waals surface area contributed by atoms with Crippen molar-refractivity contribution < 1.29 is 9.47 Å². The number of rotatable bonds is 3. The second kappa shape index (κ2) is 10.2. The molecule has 8 aromatic rings. The first-order chi connectivity index (χ1) is 23.3. The zero-order valence-electron chi connectivity index (χ0n) is 25.3. The van der Waals surface area contributed by atoms with E-state index in [0.717, 1.165) is 40.1 Å². The summed E-state index contributed by atoms with van der Waals surface area (Å²) in [6.07, 6.45) is 0. The van der Waals surface area contributed by atoms with Gasteiger partial charge in [0.2, 0.25) is 0 Å². The lowest BCUT2D eigenvalue weighted by atomic mass is 10.1. The lowest BCUT2D eigenvalue weighted by molar-refractivity contribution is 0.481. The van der Waals surface area contributed by atoms with Crippen LogP contribution in [0.3, 0.4) is 0 Å². The molecule has 0 saturated carbocycles. The number of hydrogen-bond acceptors (Lipinski definition) is 4. The maximum atomic E-state index is 6.75. The SMILES string of the molecule is c1ccc(N(c2ccc3c(c2)[Si]2(c4ccccc4Oc4ccccc42)c2ccccc2O3)c2ccc3sc4ccccc4c3c2)cc1. The Morgan fingerprint density at radius 3 is 1.57 bits per heavy atom. The van der Waals surface area contributed by atoms with Crippen molar-refractivity contribution in [3.8, 4) is 23.0 Å². The minimum Gasteiger partial charge on any atom is -0.458 e. The van der Waals surface area contributed by atoms with Gasteiger partial charge in [0.15, 0.2) is 8.07 Å². The van der Waals surface area contributed by atoms with Gasteiger partial charge in [-0.3, -0.25) is 0 Å². The molecule has 222 valence electrons. The molecule has 7 aromatic carbocycles. The molecule has 3 heterocycles. The number of thiophene rings is 1. The summed E-state index contributed by atoms with van der Waals surface area (Å²) in [5.74, 6) is 3.65. The molecule has 0 fully saturated rings. The fourth-order valence-corrected chi connectivity index (χ4v) is 13.9. The summed E-state index contributed by atoms with van der Waals surface area (Å²) in [5.41, 5.74) is 3.31. The number of hydrogen-bond donors (Lipinski definition) is 0. The van der Waals surface area contributed by atoms with Gasteiger partial charge in [0.25, 0.3) is 0 Å². The van der Waals surface area contributed by atoms with Crippen LogP contribution in [0.2, 0.25) is 0 Å². The average Bonchev–Trinajstić information content (AvgIpc) is 3.50. The van der Waals surface area contributed by atoms with Gasteiger partial charge in [-0.05, 0) is 93.5 Å². The Kier molecular flexibility index (Phi) is 5.76. The second-order valence-electron chi connectivity index (χ2n) is 12.1. The Morgan fingerprint density at radius 2 is 0.894 bits per heavy atom. The highest BCUT2D eigenvalue weighted by Gasteiger charge is 2.53. The Bertz CT molecular complexity index is 2400. The molecule has 0 atom stereocenters. The number of nitrogens with zero attached hydrogens (tertiary/aromatic N) is 1. The Labute approximate surface area is 277 Å². The number of ether oxygens (including phenoxy) is 2. The van der Waals surface area contributed by atoms with Gasteiger partial charge in [-0.1, -0.05) is 91.0 Å². The van der Waals surface area contributed by atoms with Crippen molar-refractivity contribution in [2.75, 3.05) is 4.90 Å². The van der Waals surface area contributed by atoms with Crippen LogP contribution in [0, 0.1) is 0 Å². The number of benzene rings is 7. The lowest BCUT2D eigenvalue weighted by Gasteiger charge is -2.43. The molecule has 10 rings (SSSR count). The first kappa shape index (κ1) is 26.6. The van der Waals surface area contributed by atoms with Crippen LogP contribution in [0.15, 0.2) is 164 Å². The summed E-state index contributed by atoms with van der Waals surface area (Å²) in [6, 6.07) is 58.7. The fourth-order valence-electron chi connectivity index (χ4n) is 7.62. The Hall–Kier alpha value is -5.62. The minimum absolute atomic E-state index is 0.901. The van der Waals surface area contributed by atoms with E-state index >= 15 is 0 Å². The molecule has 0 saturated heterocycles. The van der Waals surface area contributed by atoms with E-state index in [9.17, 15) is 0 Å². The van der Waals surface area contributed by atoms with Crippen molar-refractivity contribution in [1.82, 2.24) is 0 Å². The molecule has 0 radical (unpaired) electrons. The smallest absolute Gasteiger partial charge is 0.196 e. The first-order valence-electron chi connectivity index (χ1n) is 15.8. The van der Waals surface area contributed by atoms with Crippen molar-refractivity contribution in [2.24, 2.45) is 0 Å². The molecule has 1 spiro atoms. The summed E-state index contributed by atoms with van der Waals surface area (Å²) in [7, 11) is -2.88. The normalized spacial score (nSPS) is 13.6. The molecule has 1 aromatic heterocycles. The van der Waals surface area contributed by atoms with Crippen LogP contribution in [-0.4, -0.2) is 8.07 Å². The zero-order valence-corrected chi connectivity index (χ0v) is 27.1. The largest absolute Gasteiger partial charge is 0.458 e. The van der Waals surface area contributed by atoms with E-state index in [2.05, 4.69) is 169 Å². The van der Waals surface area contributed by atoms with Crippen LogP contribution in [0.1, 0.15) is 0 Å². The van der Waals surface area contributed by atoms with E-state index in [1.165, 1.54) is 40.9 Å². The molecule has 3 nitrogen and oxygen atoms in total. The van der Waals surface area contributed by atoms with E-state index in [-0.39, 0.29) is 0 Å². The highest BCUT2D eigenvalue weighted by atomic mass is 32.1. The van der Waals surface area contributed by atoms with E-state index < -0.39 is 8.07 Å². The van der Waals surface area contributed by atoms with Crippen molar-refractivity contribution in [3.05, 3.63) is 164 Å². The van der Waals surface area contributed by atoms with E-state index in [1.807, 2.05) is 11.3 Å². The predicted octanol–water partition coefficient (Wildman–Crippen LogP) is 9.11. The molecular formula is C42H27NO2SSi. The maximum absolute atomic E-state index is 6.75. The maximum Gasteiger partial charge on any atom is 0.196 e. The third-order valence-electron chi connectivity index (χ3n) is 9.57. The number of fused-ring (bicyclic) bond motifs is 11. The number of anilines is 3. The summed E-state index contributed by atoms with van der Waals surface area (Å²) in [6.45, 7) is 0. The van der Waals surface area contributed by atoms with Gasteiger partial charge >= 0.3 is 0 Å². The van der Waals surface area contributed by atoms with Crippen molar-refractivity contribution in [3.63, 3.8) is 0 Å². The molecule has 47 heavy (non-hydrogen) atoms. The summed E-state index contributed by atoms with van der Waals surface area (Å²) in [5, 5.41) is 7.51. The highest BCUT2D eigenvalue weighted by Crippen LogP contribution is 2.42. The second-order valence-corrected chi connectivity index (χ2v) is 16.8. The summed E-state index contributed by atoms with van der Waals surface area (Å²) < 4.78 is 16.0. The average molecular weight is 638 g/mol. The summed E-state index contributed by atoms with van der Waals surface area (Å²) >= 11 is 1.85. The molecular weight excluding hydrogens is 611 g/mol. The van der Waals surface area contributed by atoms with Crippen LogP contribution < -0.4 is 35.1 Å². The van der Waals surface area contributed by atoms with Gasteiger partial charge < -0.3 is 14.4 Å². The third kappa shape index (κ3) is 3.84. The molecule has 0 unspecified atom stereocenters. The zero-order chi connectivity index (χ0) is 31.0. The van der Waals surface area contributed by atoms with E-state index in [0.29, 0.717) is 0 Å². The van der Waals surface area contributed by atoms with Gasteiger partial charge in [0.05, 0.1) is 0 Å². The van der Waals surface area contributed by atoms with Crippen LogP contribution in [0.25, 0.3) is 20.2 Å². The van der Waals surface area contributed by atoms with Gasteiger partial charge in [-0.2, -0.15) is 0 Å². The molecule has 0 N–H and O–H groups in total. The van der Waals surface area contributed by atoms with Crippen molar-refractivity contribution in [1.29, 1.82) is 0 Å². The lowest BCUT2D eigenvalue weighted by Crippen LogP contribution is -2.77. The van der Waals surface area contributed by atoms with Crippen molar-refractivity contribution in [2.45, 2.75) is 0 Å². The number of para-hydroxylation sites is 4. The van der Waals surface area contributed by atoms with Crippen LogP contribution in [0.4, 0.5) is 17.1 Å². The third-order valence-corrected chi connectivity index (χ3v) is 15.6. The summed E-state index contributed by atoms with van der Waals surface area (Å²) in [4.78, 5) is 2.38. The molecule has 2 aliphatic rings. The standard InChI is InChI=1S/C42H27NO2SSi/c1-2-12-28(13-3-1)43(29-23-25-38-32(26-29)31-14-4-8-18-37(31)46-38)30-22-24-36-42(27-30)47(41-21-11-7-17-35(41)45-36)39-19-9-5-15-33(39)44-34-16-6-10-20-40(34)47/h1-27H. The van der Waals surface area contributed by atoms with E-state index in [1.54, 1.807) is 0 Å². The molecule has 0 aliphatic carbocycles. The van der Waals surface area contributed by atoms with Crippen LogP contribution in [-0.2, 0) is 0 Å². The predicted molar refractivity (Wildman–Crippen MR) is 198 cm³/mol. The van der Waals surface area contributed by atoms with Crippen LogP contribution in [0.5, 0.6) is 23.0 Å². The van der Waals surface area contributed by atoms with Crippen LogP contribution >= 0.6 is 11.3 Å². The Balaban J connectivity index is 1.27. The molecule has 0 bridgehead atoms. The van der Waals surface area contributed by atoms with Gasteiger partial charge in [-0.15, -0.1) is 11.3 Å². The van der Waals surface area contributed by atoms with Crippen molar-refractivity contribution >= 4 is 77.4 Å². The first-order valence-corrected chi connectivity index (χ1v) is 18.7. The quantitative estimate of drug-likeness (QED) is 0.180. The van der Waals surface area contributed by atoms with Gasteiger partial charge in [0, 0.05) is 37.2 Å². The highest BCUT2D eigenvalue weighted by molar-refractivity contribution is 7.25. The Morgan fingerprint density at radius 1 is 0.383 bits per heavy atom. The van der Waals surface area contributed by atoms with E-state index in [4.69, 9.17) is 9.47 Å².